The zero-order chi connectivity index (χ0) is 21.3. The van der Waals surface area contributed by atoms with Crippen LogP contribution in [-0.4, -0.2) is 56.5 Å². The zero-order valence-corrected chi connectivity index (χ0v) is 16.3. The first-order valence-corrected chi connectivity index (χ1v) is 9.44. The summed E-state index contributed by atoms with van der Waals surface area (Å²) in [7, 11) is 1.35. The van der Waals surface area contributed by atoms with Gasteiger partial charge in [-0.1, -0.05) is 6.07 Å². The standard InChI is InChI=1S/C20H25F3N2O4/c1-27-18-13-15(3-5-17(18)29-14-20(21,22)23)4-6-19(26)25(10-2-9-24)16-7-11-28-12-8-16/h3,5,13,16H,2,4,6-8,10-12,14H2,1H3. The van der Waals surface area contributed by atoms with Crippen molar-refractivity contribution >= 4 is 5.91 Å². The number of nitrogens with zero attached hydrogens (tertiary/aromatic N) is 2. The molecule has 1 amide bonds. The monoisotopic (exact) mass is 414 g/mol. The number of hydrogen-bond acceptors (Lipinski definition) is 5. The Morgan fingerprint density at radius 2 is 2.03 bits per heavy atom. The molecule has 1 aromatic carbocycles. The van der Waals surface area contributed by atoms with Crippen molar-refractivity contribution in [1.82, 2.24) is 4.90 Å². The van der Waals surface area contributed by atoms with Crippen LogP contribution in [-0.2, 0) is 16.0 Å². The summed E-state index contributed by atoms with van der Waals surface area (Å²) in [5, 5.41) is 8.87. The van der Waals surface area contributed by atoms with Gasteiger partial charge in [-0.25, -0.2) is 0 Å². The van der Waals surface area contributed by atoms with Gasteiger partial charge in [0.1, 0.15) is 0 Å². The van der Waals surface area contributed by atoms with Crippen LogP contribution < -0.4 is 9.47 Å². The lowest BCUT2D eigenvalue weighted by Crippen LogP contribution is -2.44. The van der Waals surface area contributed by atoms with Gasteiger partial charge in [-0.3, -0.25) is 4.79 Å². The van der Waals surface area contributed by atoms with E-state index in [0.717, 1.165) is 18.4 Å². The van der Waals surface area contributed by atoms with Crippen LogP contribution in [0.15, 0.2) is 18.2 Å². The fraction of sp³-hybridized carbons (Fsp3) is 0.600. The Kier molecular flexibility index (Phi) is 8.58. The number of halogens is 3. The Balaban J connectivity index is 1.98. The average Bonchev–Trinajstić information content (AvgIpc) is 2.71. The first-order valence-electron chi connectivity index (χ1n) is 9.44. The second-order valence-corrected chi connectivity index (χ2v) is 6.73. The quantitative estimate of drug-likeness (QED) is 0.619. The van der Waals surface area contributed by atoms with Gasteiger partial charge in [-0.2, -0.15) is 18.4 Å². The van der Waals surface area contributed by atoms with Gasteiger partial charge in [0, 0.05) is 32.2 Å². The topological polar surface area (TPSA) is 71.8 Å². The minimum Gasteiger partial charge on any atom is -0.493 e. The number of methoxy groups -OCH3 is 1. The molecular formula is C20H25F3N2O4. The summed E-state index contributed by atoms with van der Waals surface area (Å²) in [5.41, 5.74) is 0.752. The summed E-state index contributed by atoms with van der Waals surface area (Å²) in [5.74, 6) is 0.131. The maximum Gasteiger partial charge on any atom is 0.422 e. The van der Waals surface area contributed by atoms with Crippen molar-refractivity contribution in [2.45, 2.75) is 44.3 Å². The van der Waals surface area contributed by atoms with Gasteiger partial charge in [-0.15, -0.1) is 0 Å². The molecule has 29 heavy (non-hydrogen) atoms. The van der Waals surface area contributed by atoms with Crippen molar-refractivity contribution in [3.05, 3.63) is 23.8 Å². The van der Waals surface area contributed by atoms with E-state index in [1.54, 1.807) is 17.0 Å². The molecule has 1 aliphatic rings. The number of carbonyl (C=O) groups excluding carboxylic acids is 1. The highest BCUT2D eigenvalue weighted by molar-refractivity contribution is 5.77. The molecule has 0 atom stereocenters. The minimum atomic E-state index is -4.44. The van der Waals surface area contributed by atoms with Crippen LogP contribution in [0.5, 0.6) is 11.5 Å². The molecule has 1 heterocycles. The molecule has 0 aliphatic carbocycles. The number of carbonyl (C=O) groups is 1. The van der Waals surface area contributed by atoms with Crippen molar-refractivity contribution in [3.63, 3.8) is 0 Å². The lowest BCUT2D eigenvalue weighted by atomic mass is 10.0. The predicted molar refractivity (Wildman–Crippen MR) is 98.6 cm³/mol. The van der Waals surface area contributed by atoms with E-state index in [0.29, 0.717) is 26.2 Å². The summed E-state index contributed by atoms with van der Waals surface area (Å²) in [6, 6.07) is 6.75. The molecule has 0 N–H and O–H groups in total. The summed E-state index contributed by atoms with van der Waals surface area (Å²) in [4.78, 5) is 14.5. The third-order valence-electron chi connectivity index (χ3n) is 4.66. The molecule has 0 unspecified atom stereocenters. The van der Waals surface area contributed by atoms with Gasteiger partial charge >= 0.3 is 6.18 Å². The normalized spacial score (nSPS) is 14.9. The third kappa shape index (κ3) is 7.46. The molecule has 160 valence electrons. The molecule has 1 fully saturated rings. The molecular weight excluding hydrogens is 389 g/mol. The van der Waals surface area contributed by atoms with E-state index < -0.39 is 12.8 Å². The van der Waals surface area contributed by atoms with Crippen molar-refractivity contribution in [2.24, 2.45) is 0 Å². The van der Waals surface area contributed by atoms with E-state index in [4.69, 9.17) is 19.5 Å². The molecule has 6 nitrogen and oxygen atoms in total. The van der Waals surface area contributed by atoms with Crippen molar-refractivity contribution in [3.8, 4) is 17.6 Å². The van der Waals surface area contributed by atoms with E-state index in [1.807, 2.05) is 0 Å². The van der Waals surface area contributed by atoms with Gasteiger partial charge in [-0.05, 0) is 37.0 Å². The van der Waals surface area contributed by atoms with E-state index >= 15 is 0 Å². The number of amides is 1. The van der Waals surface area contributed by atoms with E-state index in [1.165, 1.54) is 13.2 Å². The predicted octanol–water partition coefficient (Wildman–Crippen LogP) is 3.49. The van der Waals surface area contributed by atoms with Crippen molar-refractivity contribution in [2.75, 3.05) is 33.5 Å². The number of hydrogen-bond donors (Lipinski definition) is 0. The molecule has 1 aromatic rings. The molecule has 0 spiro atoms. The van der Waals surface area contributed by atoms with E-state index in [2.05, 4.69) is 6.07 Å². The maximum absolute atomic E-state index is 12.8. The average molecular weight is 414 g/mol. The molecule has 0 bridgehead atoms. The van der Waals surface area contributed by atoms with Gasteiger partial charge in [0.05, 0.1) is 19.6 Å². The van der Waals surface area contributed by atoms with Gasteiger partial charge in [0.2, 0.25) is 5.91 Å². The van der Waals surface area contributed by atoms with Gasteiger partial charge in [0.25, 0.3) is 0 Å². The fourth-order valence-corrected chi connectivity index (χ4v) is 3.22. The van der Waals surface area contributed by atoms with Crippen molar-refractivity contribution in [1.29, 1.82) is 5.26 Å². The summed E-state index contributed by atoms with van der Waals surface area (Å²) in [6.45, 7) is 0.170. The maximum atomic E-state index is 12.8. The molecule has 9 heteroatoms. The highest BCUT2D eigenvalue weighted by Gasteiger charge is 2.29. The number of aryl methyl sites for hydroxylation is 1. The Bertz CT molecular complexity index is 713. The number of rotatable bonds is 9. The summed E-state index contributed by atoms with van der Waals surface area (Å²) >= 11 is 0. The Morgan fingerprint density at radius 3 is 2.66 bits per heavy atom. The lowest BCUT2D eigenvalue weighted by molar-refractivity contribution is -0.153. The number of alkyl halides is 3. The van der Waals surface area contributed by atoms with Crippen molar-refractivity contribution < 1.29 is 32.2 Å². The molecule has 0 radical (unpaired) electrons. The second kappa shape index (κ2) is 10.9. The van der Waals surface area contributed by atoms with Crippen LogP contribution >= 0.6 is 0 Å². The molecule has 0 aromatic heterocycles. The Morgan fingerprint density at radius 1 is 1.31 bits per heavy atom. The largest absolute Gasteiger partial charge is 0.493 e. The summed E-state index contributed by atoms with van der Waals surface area (Å²) in [6.07, 6.45) is -2.04. The van der Waals surface area contributed by atoms with Gasteiger partial charge in [0.15, 0.2) is 18.1 Å². The molecule has 1 saturated heterocycles. The molecule has 1 aliphatic heterocycles. The smallest absolute Gasteiger partial charge is 0.422 e. The van der Waals surface area contributed by atoms with E-state index in [-0.39, 0.29) is 36.3 Å². The SMILES string of the molecule is COc1cc(CCC(=O)N(CCC#N)C2CCOCC2)ccc1OCC(F)(F)F. The van der Waals surface area contributed by atoms with E-state index in [9.17, 15) is 18.0 Å². The zero-order valence-electron chi connectivity index (χ0n) is 16.3. The Hall–Kier alpha value is -2.47. The third-order valence-corrected chi connectivity index (χ3v) is 4.66. The Labute approximate surface area is 168 Å². The highest BCUT2D eigenvalue weighted by atomic mass is 19.4. The van der Waals surface area contributed by atoms with Crippen LogP contribution in [0.25, 0.3) is 0 Å². The summed E-state index contributed by atoms with van der Waals surface area (Å²) < 4.78 is 52.3. The molecule has 2 rings (SSSR count). The first-order chi connectivity index (χ1) is 13.8. The van der Waals surface area contributed by atoms with Crippen LogP contribution in [0, 0.1) is 11.3 Å². The number of nitriles is 1. The number of ether oxygens (including phenoxy) is 3. The molecule has 0 saturated carbocycles. The van der Waals surface area contributed by atoms with Gasteiger partial charge < -0.3 is 19.1 Å². The van der Waals surface area contributed by atoms with Crippen LogP contribution in [0.3, 0.4) is 0 Å². The highest BCUT2D eigenvalue weighted by Crippen LogP contribution is 2.30. The second-order valence-electron chi connectivity index (χ2n) is 6.73. The first kappa shape index (κ1) is 22.8. The fourth-order valence-electron chi connectivity index (χ4n) is 3.22. The minimum absolute atomic E-state index is 0.00208. The number of benzene rings is 1. The van der Waals surface area contributed by atoms with Crippen LogP contribution in [0.4, 0.5) is 13.2 Å². The lowest BCUT2D eigenvalue weighted by Gasteiger charge is -2.34. The van der Waals surface area contributed by atoms with Crippen LogP contribution in [0.1, 0.15) is 31.2 Å². The van der Waals surface area contributed by atoms with Crippen LogP contribution in [0.2, 0.25) is 0 Å².